The van der Waals surface area contributed by atoms with Gasteiger partial charge in [0.2, 0.25) is 0 Å². The first kappa shape index (κ1) is 17.1. The van der Waals surface area contributed by atoms with Gasteiger partial charge >= 0.3 is 0 Å². The van der Waals surface area contributed by atoms with Gasteiger partial charge in [-0.1, -0.05) is 26.3 Å². The summed E-state index contributed by atoms with van der Waals surface area (Å²) in [4.78, 5) is 11.1. The molecule has 0 aliphatic rings. The number of carbonyl (C=O) groups is 1. The summed E-state index contributed by atoms with van der Waals surface area (Å²) >= 11 is 0. The Labute approximate surface area is 104 Å². The van der Waals surface area contributed by atoms with E-state index in [0.29, 0.717) is 4.59 Å². The lowest BCUT2D eigenvalue weighted by molar-refractivity contribution is -0.925. The SMILES string of the molecule is C=CC(=O)N[N+](C)(C)CCCCCC.[Br-]. The van der Waals surface area contributed by atoms with Crippen LogP contribution in [-0.4, -0.2) is 31.1 Å². The highest BCUT2D eigenvalue weighted by Gasteiger charge is 2.16. The van der Waals surface area contributed by atoms with E-state index in [-0.39, 0.29) is 22.9 Å². The average Bonchev–Trinajstić information content (AvgIpc) is 2.12. The molecule has 1 amide bonds. The molecule has 0 spiro atoms. The summed E-state index contributed by atoms with van der Waals surface area (Å²) in [7, 11) is 3.99. The zero-order chi connectivity index (χ0) is 11.0. The van der Waals surface area contributed by atoms with E-state index in [1.165, 1.54) is 25.3 Å². The predicted molar refractivity (Wildman–Crippen MR) is 59.5 cm³/mol. The number of halogens is 1. The summed E-state index contributed by atoms with van der Waals surface area (Å²) in [6.45, 7) is 6.60. The van der Waals surface area contributed by atoms with Crippen molar-refractivity contribution in [1.29, 1.82) is 0 Å². The third kappa shape index (κ3) is 9.94. The average molecular weight is 279 g/mol. The van der Waals surface area contributed by atoms with Crippen LogP contribution in [0.5, 0.6) is 0 Å². The highest BCUT2D eigenvalue weighted by atomic mass is 79.9. The van der Waals surface area contributed by atoms with Gasteiger partial charge in [-0.05, 0) is 12.8 Å². The predicted octanol–water partition coefficient (Wildman–Crippen LogP) is -1.14. The molecule has 1 N–H and O–H groups in total. The fourth-order valence-corrected chi connectivity index (χ4v) is 1.33. The summed E-state index contributed by atoms with van der Waals surface area (Å²) in [6, 6.07) is 0. The zero-order valence-corrected chi connectivity index (χ0v) is 11.6. The van der Waals surface area contributed by atoms with Crippen LogP contribution in [0.1, 0.15) is 32.6 Å². The van der Waals surface area contributed by atoms with Crippen LogP contribution in [0.2, 0.25) is 0 Å². The summed E-state index contributed by atoms with van der Waals surface area (Å²) in [6.07, 6.45) is 6.22. The number of hydrogen-bond donors (Lipinski definition) is 1. The molecule has 0 aromatic heterocycles. The van der Waals surface area contributed by atoms with Gasteiger partial charge in [0.05, 0.1) is 14.1 Å². The smallest absolute Gasteiger partial charge is 0.288 e. The molecule has 0 atom stereocenters. The first-order chi connectivity index (χ1) is 6.52. The van der Waals surface area contributed by atoms with Gasteiger partial charge in [-0.2, -0.15) is 5.43 Å². The topological polar surface area (TPSA) is 29.1 Å². The van der Waals surface area contributed by atoms with Crippen molar-refractivity contribution in [2.24, 2.45) is 0 Å². The van der Waals surface area contributed by atoms with E-state index in [2.05, 4.69) is 18.9 Å². The number of nitrogens with zero attached hydrogens (tertiary/aromatic N) is 1. The molecule has 0 heterocycles. The van der Waals surface area contributed by atoms with Crippen LogP contribution in [0.3, 0.4) is 0 Å². The van der Waals surface area contributed by atoms with Crippen molar-refractivity contribution < 1.29 is 26.4 Å². The maximum Gasteiger partial charge on any atom is 0.288 e. The lowest BCUT2D eigenvalue weighted by atomic mass is 10.2. The molecule has 3 nitrogen and oxygen atoms in total. The van der Waals surface area contributed by atoms with Crippen molar-refractivity contribution in [3.8, 4) is 0 Å². The zero-order valence-electron chi connectivity index (χ0n) is 10.1. The van der Waals surface area contributed by atoms with E-state index in [1.807, 2.05) is 14.1 Å². The van der Waals surface area contributed by atoms with Crippen molar-refractivity contribution in [1.82, 2.24) is 5.43 Å². The van der Waals surface area contributed by atoms with E-state index < -0.39 is 0 Å². The Balaban J connectivity index is 0. The molecule has 0 aromatic rings. The lowest BCUT2D eigenvalue weighted by Crippen LogP contribution is -3.00. The Bertz CT molecular complexity index is 193. The van der Waals surface area contributed by atoms with E-state index in [1.54, 1.807) is 0 Å². The quantitative estimate of drug-likeness (QED) is 0.271. The second kappa shape index (κ2) is 8.92. The largest absolute Gasteiger partial charge is 1.00 e. The van der Waals surface area contributed by atoms with E-state index in [0.717, 1.165) is 13.0 Å². The molecule has 0 aliphatic heterocycles. The molecule has 0 aliphatic carbocycles. The van der Waals surface area contributed by atoms with Gasteiger partial charge in [-0.15, -0.1) is 0 Å². The van der Waals surface area contributed by atoms with Crippen LogP contribution in [0.15, 0.2) is 12.7 Å². The molecule has 15 heavy (non-hydrogen) atoms. The molecule has 0 rings (SSSR count). The lowest BCUT2D eigenvalue weighted by Gasteiger charge is -2.28. The number of amides is 1. The van der Waals surface area contributed by atoms with Gasteiger partial charge in [0.15, 0.2) is 0 Å². The van der Waals surface area contributed by atoms with E-state index in [9.17, 15) is 4.79 Å². The maximum absolute atomic E-state index is 11.1. The molecule has 0 unspecified atom stereocenters. The molecule has 0 saturated heterocycles. The van der Waals surface area contributed by atoms with Crippen molar-refractivity contribution in [3.63, 3.8) is 0 Å². The van der Waals surface area contributed by atoms with Crippen LogP contribution in [-0.2, 0) is 4.79 Å². The number of unbranched alkanes of at least 4 members (excludes halogenated alkanes) is 3. The Kier molecular flexibility index (Phi) is 10.1. The minimum atomic E-state index is -0.106. The van der Waals surface area contributed by atoms with Gasteiger partial charge in [-0.3, -0.25) is 4.79 Å². The van der Waals surface area contributed by atoms with Crippen molar-refractivity contribution in [3.05, 3.63) is 12.7 Å². The summed E-state index contributed by atoms with van der Waals surface area (Å²) < 4.78 is 0.536. The fraction of sp³-hybridized carbons (Fsp3) is 0.727. The molecule has 4 heteroatoms. The number of quaternary nitrogens is 1. The van der Waals surface area contributed by atoms with Gasteiger partial charge in [0.25, 0.3) is 5.91 Å². The van der Waals surface area contributed by atoms with Crippen molar-refractivity contribution in [2.75, 3.05) is 20.6 Å². The Morgan fingerprint density at radius 2 is 1.93 bits per heavy atom. The number of nitrogens with one attached hydrogen (secondary N) is 1. The Morgan fingerprint density at radius 1 is 1.33 bits per heavy atom. The van der Waals surface area contributed by atoms with Gasteiger partial charge in [-0.25, -0.2) is 4.59 Å². The molecule has 90 valence electrons. The molecule has 0 fully saturated rings. The van der Waals surface area contributed by atoms with Crippen LogP contribution in [0.25, 0.3) is 0 Å². The Hall–Kier alpha value is -0.350. The first-order valence-corrected chi connectivity index (χ1v) is 5.29. The molecule has 0 bridgehead atoms. The van der Waals surface area contributed by atoms with Gasteiger partial charge in [0.1, 0.15) is 6.54 Å². The molecular weight excluding hydrogens is 256 g/mol. The summed E-state index contributed by atoms with van der Waals surface area (Å²) in [5.41, 5.74) is 2.86. The minimum absolute atomic E-state index is 0. The number of rotatable bonds is 7. The van der Waals surface area contributed by atoms with Crippen molar-refractivity contribution >= 4 is 5.91 Å². The fourth-order valence-electron chi connectivity index (χ4n) is 1.33. The summed E-state index contributed by atoms with van der Waals surface area (Å²) in [5, 5.41) is 0. The van der Waals surface area contributed by atoms with Crippen LogP contribution in [0, 0.1) is 0 Å². The number of hydrogen-bond acceptors (Lipinski definition) is 1. The molecular formula is C11H23BrN2O. The van der Waals surface area contributed by atoms with Gasteiger partial charge < -0.3 is 17.0 Å². The summed E-state index contributed by atoms with van der Waals surface area (Å²) in [5.74, 6) is -0.106. The van der Waals surface area contributed by atoms with Crippen LogP contribution in [0.4, 0.5) is 0 Å². The number of carbonyl (C=O) groups excluding carboxylic acids is 1. The maximum atomic E-state index is 11.1. The highest BCUT2D eigenvalue weighted by molar-refractivity contribution is 5.85. The second-order valence-electron chi connectivity index (χ2n) is 4.15. The second-order valence-corrected chi connectivity index (χ2v) is 4.15. The molecule has 0 radical (unpaired) electrons. The van der Waals surface area contributed by atoms with Crippen molar-refractivity contribution in [2.45, 2.75) is 32.6 Å². The molecule has 0 aromatic carbocycles. The minimum Gasteiger partial charge on any atom is -1.00 e. The van der Waals surface area contributed by atoms with E-state index in [4.69, 9.17) is 0 Å². The standard InChI is InChI=1S/C11H22N2O.BrH/c1-5-7-8-9-10-13(3,4)12-11(14)6-2;/h6H,2,5,7-10H2,1,3-4H3;1H. The first-order valence-electron chi connectivity index (χ1n) is 5.29. The Morgan fingerprint density at radius 3 is 2.40 bits per heavy atom. The monoisotopic (exact) mass is 278 g/mol. The van der Waals surface area contributed by atoms with Gasteiger partial charge in [0, 0.05) is 6.08 Å². The third-order valence-electron chi connectivity index (χ3n) is 2.17. The van der Waals surface area contributed by atoms with Crippen LogP contribution >= 0.6 is 0 Å². The highest BCUT2D eigenvalue weighted by Crippen LogP contribution is 2.02. The molecule has 0 saturated carbocycles. The third-order valence-corrected chi connectivity index (χ3v) is 2.17. The van der Waals surface area contributed by atoms with Crippen LogP contribution < -0.4 is 22.4 Å². The van der Waals surface area contributed by atoms with E-state index >= 15 is 0 Å². The normalized spacial score (nSPS) is 10.3.